The second-order valence-electron chi connectivity index (χ2n) is 8.96. The molecule has 35 heavy (non-hydrogen) atoms. The topological polar surface area (TPSA) is 119 Å². The highest BCUT2D eigenvalue weighted by Crippen LogP contribution is 2.44. The van der Waals surface area contributed by atoms with E-state index in [2.05, 4.69) is 37.4 Å². The zero-order chi connectivity index (χ0) is 24.2. The van der Waals surface area contributed by atoms with E-state index in [-0.39, 0.29) is 10.7 Å². The summed E-state index contributed by atoms with van der Waals surface area (Å²) in [6, 6.07) is 17.5. The number of rotatable bonds is 7. The minimum absolute atomic E-state index is 0.0992. The molecule has 0 atom stereocenters. The maximum atomic E-state index is 13.0. The maximum absolute atomic E-state index is 13.0. The van der Waals surface area contributed by atoms with Crippen LogP contribution < -0.4 is 4.72 Å². The first kappa shape index (κ1) is 21.6. The Balaban J connectivity index is 1.38. The van der Waals surface area contributed by atoms with Crippen molar-refractivity contribution in [3.8, 4) is 11.3 Å². The average molecular weight is 489 g/mol. The number of nitrogens with zero attached hydrogens (tertiary/aromatic N) is 4. The van der Waals surface area contributed by atoms with Gasteiger partial charge in [0.15, 0.2) is 5.82 Å². The second-order valence-corrected chi connectivity index (χ2v) is 10.6. The molecular weight excluding hydrogens is 464 g/mol. The summed E-state index contributed by atoms with van der Waals surface area (Å²) in [6.45, 7) is 3.99. The number of aryl methyl sites for hydroxylation is 2. The highest BCUT2D eigenvalue weighted by atomic mass is 32.2. The number of anilines is 1. The standard InChI is InChI=1S/C25H24N6O3S/c1-15-12-22(16(2)34-15)35(32,33)29-25-20-13-19(10-11-21(20)26-28-25)23-24(18-8-9-18)31(30-27-23)14-17-6-4-3-5-7-17/h3-7,10-13,18H,8-9,14H2,1-2H3,(H2,26,28,29). The molecule has 3 heterocycles. The van der Waals surface area contributed by atoms with Gasteiger partial charge in [-0.05, 0) is 44.4 Å². The number of H-pyrrole nitrogens is 1. The van der Waals surface area contributed by atoms with Crippen LogP contribution in [0.5, 0.6) is 0 Å². The van der Waals surface area contributed by atoms with Gasteiger partial charge in [0.05, 0.1) is 17.8 Å². The molecule has 178 valence electrons. The molecule has 0 saturated heterocycles. The number of hydrogen-bond donors (Lipinski definition) is 2. The molecule has 0 spiro atoms. The van der Waals surface area contributed by atoms with Crippen LogP contribution in [0.3, 0.4) is 0 Å². The molecule has 10 heteroatoms. The van der Waals surface area contributed by atoms with Crippen LogP contribution in [-0.2, 0) is 16.6 Å². The monoisotopic (exact) mass is 488 g/mol. The van der Waals surface area contributed by atoms with Gasteiger partial charge in [0.2, 0.25) is 0 Å². The van der Waals surface area contributed by atoms with Gasteiger partial charge in [-0.3, -0.25) is 9.82 Å². The highest BCUT2D eigenvalue weighted by molar-refractivity contribution is 7.92. The molecule has 9 nitrogen and oxygen atoms in total. The number of hydrogen-bond acceptors (Lipinski definition) is 6. The molecule has 1 saturated carbocycles. The Labute approximate surface area is 202 Å². The van der Waals surface area contributed by atoms with Crippen molar-refractivity contribution in [3.05, 3.63) is 77.4 Å². The molecule has 0 unspecified atom stereocenters. The molecule has 3 aromatic heterocycles. The summed E-state index contributed by atoms with van der Waals surface area (Å²) in [5.74, 6) is 1.52. The van der Waals surface area contributed by atoms with Crippen molar-refractivity contribution in [1.29, 1.82) is 0 Å². The van der Waals surface area contributed by atoms with Crippen molar-refractivity contribution >= 4 is 26.7 Å². The maximum Gasteiger partial charge on any atom is 0.266 e. The number of sulfonamides is 1. The van der Waals surface area contributed by atoms with Gasteiger partial charge in [-0.25, -0.2) is 13.1 Å². The van der Waals surface area contributed by atoms with Gasteiger partial charge in [0.25, 0.3) is 10.0 Å². The average Bonchev–Trinajstić information content (AvgIpc) is 3.32. The fourth-order valence-corrected chi connectivity index (χ4v) is 5.72. The van der Waals surface area contributed by atoms with Crippen LogP contribution in [0.1, 0.15) is 41.5 Å². The van der Waals surface area contributed by atoms with Gasteiger partial charge in [-0.15, -0.1) is 5.10 Å². The van der Waals surface area contributed by atoms with Crippen LogP contribution >= 0.6 is 0 Å². The van der Waals surface area contributed by atoms with Crippen molar-refractivity contribution < 1.29 is 12.8 Å². The summed E-state index contributed by atoms with van der Waals surface area (Å²) in [4.78, 5) is 0.0992. The number of benzene rings is 2. The van der Waals surface area contributed by atoms with E-state index in [9.17, 15) is 8.42 Å². The highest BCUT2D eigenvalue weighted by Gasteiger charge is 2.32. The van der Waals surface area contributed by atoms with Gasteiger partial charge < -0.3 is 4.42 Å². The van der Waals surface area contributed by atoms with Crippen molar-refractivity contribution in [3.63, 3.8) is 0 Å². The quantitative estimate of drug-likeness (QED) is 0.341. The summed E-state index contributed by atoms with van der Waals surface area (Å²) in [7, 11) is -3.86. The SMILES string of the molecule is Cc1cc(S(=O)(=O)Nc2n[nH]c3ccc(-c4nnn(Cc5ccccc5)c4C4CC4)cc23)c(C)o1. The molecule has 0 amide bonds. The first-order valence-corrected chi connectivity index (χ1v) is 12.9. The largest absolute Gasteiger partial charge is 0.465 e. The Morgan fingerprint density at radius 1 is 1.11 bits per heavy atom. The minimum atomic E-state index is -3.86. The third-order valence-electron chi connectivity index (χ3n) is 6.26. The van der Waals surface area contributed by atoms with E-state index in [4.69, 9.17) is 4.42 Å². The van der Waals surface area contributed by atoms with E-state index in [1.54, 1.807) is 13.8 Å². The Morgan fingerprint density at radius 2 is 1.91 bits per heavy atom. The lowest BCUT2D eigenvalue weighted by atomic mass is 10.1. The molecule has 1 aliphatic carbocycles. The molecule has 0 aliphatic heterocycles. The molecule has 1 aliphatic rings. The van der Waals surface area contributed by atoms with Crippen molar-refractivity contribution in [2.75, 3.05) is 4.72 Å². The number of aromatic amines is 1. The van der Waals surface area contributed by atoms with Gasteiger partial charge in [-0.1, -0.05) is 41.6 Å². The summed E-state index contributed by atoms with van der Waals surface area (Å²) in [6.07, 6.45) is 2.22. The van der Waals surface area contributed by atoms with Crippen LogP contribution in [0.4, 0.5) is 5.82 Å². The van der Waals surface area contributed by atoms with E-state index in [1.807, 2.05) is 41.1 Å². The van der Waals surface area contributed by atoms with Crippen LogP contribution in [0.25, 0.3) is 22.2 Å². The Hall–Kier alpha value is -3.92. The predicted molar refractivity (Wildman–Crippen MR) is 132 cm³/mol. The third-order valence-corrected chi connectivity index (χ3v) is 7.71. The van der Waals surface area contributed by atoms with Crippen molar-refractivity contribution in [2.24, 2.45) is 0 Å². The summed E-state index contributed by atoms with van der Waals surface area (Å²) >= 11 is 0. The van der Waals surface area contributed by atoms with E-state index in [0.717, 1.165) is 40.9 Å². The van der Waals surface area contributed by atoms with Gasteiger partial charge in [0.1, 0.15) is 22.1 Å². The smallest absolute Gasteiger partial charge is 0.266 e. The Kier molecular flexibility index (Phi) is 4.99. The van der Waals surface area contributed by atoms with Crippen molar-refractivity contribution in [1.82, 2.24) is 25.2 Å². The van der Waals surface area contributed by atoms with Crippen LogP contribution in [0, 0.1) is 13.8 Å². The first-order chi connectivity index (χ1) is 16.9. The molecular formula is C25H24N6O3S. The molecule has 2 aromatic carbocycles. The fourth-order valence-electron chi connectivity index (χ4n) is 4.46. The van der Waals surface area contributed by atoms with Crippen LogP contribution in [-0.4, -0.2) is 33.6 Å². The Morgan fingerprint density at radius 3 is 2.63 bits per heavy atom. The third kappa shape index (κ3) is 3.99. The van der Waals surface area contributed by atoms with Crippen molar-refractivity contribution in [2.45, 2.75) is 44.0 Å². The summed E-state index contributed by atoms with van der Waals surface area (Å²) in [5.41, 5.74) is 4.69. The minimum Gasteiger partial charge on any atom is -0.465 e. The molecule has 0 radical (unpaired) electrons. The predicted octanol–water partition coefficient (Wildman–Crippen LogP) is 4.76. The lowest BCUT2D eigenvalue weighted by Gasteiger charge is -2.08. The van der Waals surface area contributed by atoms with Gasteiger partial charge >= 0.3 is 0 Å². The summed E-state index contributed by atoms with van der Waals surface area (Å²) in [5, 5.41) is 16.8. The Bertz CT molecular complexity index is 1650. The van der Waals surface area contributed by atoms with Crippen LogP contribution in [0.15, 0.2) is 63.9 Å². The molecule has 2 N–H and O–H groups in total. The van der Waals surface area contributed by atoms with Gasteiger partial charge in [-0.2, -0.15) is 5.10 Å². The van der Waals surface area contributed by atoms with E-state index >= 15 is 0 Å². The molecule has 5 aromatic rings. The number of aromatic nitrogens is 5. The number of fused-ring (bicyclic) bond motifs is 1. The van der Waals surface area contributed by atoms with Gasteiger partial charge in [0, 0.05) is 22.9 Å². The molecule has 6 rings (SSSR count). The zero-order valence-corrected chi connectivity index (χ0v) is 20.1. The molecule has 0 bridgehead atoms. The zero-order valence-electron chi connectivity index (χ0n) is 19.3. The second kappa shape index (κ2) is 8.09. The lowest BCUT2D eigenvalue weighted by molar-refractivity contribution is 0.496. The first-order valence-electron chi connectivity index (χ1n) is 11.4. The van der Waals surface area contributed by atoms with Crippen LogP contribution in [0.2, 0.25) is 0 Å². The number of nitrogens with one attached hydrogen (secondary N) is 2. The van der Waals surface area contributed by atoms with E-state index in [0.29, 0.717) is 29.4 Å². The number of furan rings is 1. The summed E-state index contributed by atoms with van der Waals surface area (Å²) < 4.78 is 36.0. The lowest BCUT2D eigenvalue weighted by Crippen LogP contribution is -2.13. The normalized spacial score (nSPS) is 14.0. The van der Waals surface area contributed by atoms with E-state index in [1.165, 1.54) is 6.07 Å². The molecule has 1 fully saturated rings. The fraction of sp³-hybridized carbons (Fsp3) is 0.240. The van der Waals surface area contributed by atoms with E-state index < -0.39 is 10.0 Å².